The molecule has 0 spiro atoms. The third-order valence-electron chi connectivity index (χ3n) is 8.47. The lowest BCUT2D eigenvalue weighted by Gasteiger charge is -2.35. The Balaban J connectivity index is 1.96. The summed E-state index contributed by atoms with van der Waals surface area (Å²) in [5.74, 6) is -0.937. The number of nitrogens with one attached hydrogen (secondary N) is 2. The summed E-state index contributed by atoms with van der Waals surface area (Å²) < 4.78 is 0. The Morgan fingerprint density at radius 3 is 2.09 bits per heavy atom. The Morgan fingerprint density at radius 2 is 1.44 bits per heavy atom. The van der Waals surface area contributed by atoms with E-state index in [0.717, 1.165) is 21.9 Å². The molecule has 0 fully saturated rings. The lowest BCUT2D eigenvalue weighted by molar-refractivity contribution is -0.146. The average Bonchev–Trinajstić information content (AvgIpc) is 3.04. The lowest BCUT2D eigenvalue weighted by Crippen LogP contribution is -2.56. The van der Waals surface area contributed by atoms with Crippen molar-refractivity contribution >= 4 is 28.5 Å². The zero-order chi connectivity index (χ0) is 33.2. The van der Waals surface area contributed by atoms with Crippen LogP contribution in [0.5, 0.6) is 0 Å². The van der Waals surface area contributed by atoms with Gasteiger partial charge < -0.3 is 25.5 Å². The maximum absolute atomic E-state index is 14.4. The third kappa shape index (κ3) is 10.3. The van der Waals surface area contributed by atoms with Crippen molar-refractivity contribution in [3.63, 3.8) is 0 Å². The molecule has 3 amide bonds. The average molecular weight is 615 g/mol. The van der Waals surface area contributed by atoms with Crippen LogP contribution in [0.2, 0.25) is 0 Å². The zero-order valence-electron chi connectivity index (χ0n) is 27.8. The number of nitrogens with zero attached hydrogens (tertiary/aromatic N) is 2. The number of hydrogen-bond donors (Lipinski definition) is 3. The van der Waals surface area contributed by atoms with Crippen molar-refractivity contribution in [3.8, 4) is 0 Å². The molecule has 242 valence electrons. The van der Waals surface area contributed by atoms with Gasteiger partial charge in [-0.25, -0.2) is 0 Å². The SMILES string of the molecule is CNC(C)(C)C/C=C/C(=O)N(C)C(Cc1ccc2ccccc2c1)C(=O)N(C)C(Cc1ccccc1)C(=O)NCC(C)(C)CO. The molecule has 45 heavy (non-hydrogen) atoms. The van der Waals surface area contributed by atoms with E-state index >= 15 is 0 Å². The van der Waals surface area contributed by atoms with Gasteiger partial charge in [0, 0.05) is 51.0 Å². The maximum Gasteiger partial charge on any atom is 0.246 e. The molecule has 2 atom stereocenters. The third-order valence-corrected chi connectivity index (χ3v) is 8.47. The van der Waals surface area contributed by atoms with Gasteiger partial charge >= 0.3 is 0 Å². The lowest BCUT2D eigenvalue weighted by atomic mass is 9.94. The van der Waals surface area contributed by atoms with E-state index in [1.165, 1.54) is 15.9 Å². The standard InChI is InChI=1S/C37H50N4O4/c1-36(2,26-42)25-39-34(44)31(23-27-14-9-8-10-15-27)41(7)35(45)32(40(6)33(43)18-13-21-37(3,4)38-5)24-28-19-20-29-16-11-12-17-30(29)22-28/h8-20,22,31-32,38,42H,21,23-26H2,1-7H3,(H,39,44)/b18-13+. The molecule has 3 N–H and O–H groups in total. The van der Waals surface area contributed by atoms with E-state index < -0.39 is 17.5 Å². The summed E-state index contributed by atoms with van der Waals surface area (Å²) in [7, 11) is 5.15. The molecule has 0 saturated heterocycles. The predicted octanol–water partition coefficient (Wildman–Crippen LogP) is 4.36. The number of amides is 3. The summed E-state index contributed by atoms with van der Waals surface area (Å²) in [6.07, 6.45) is 4.56. The van der Waals surface area contributed by atoms with Gasteiger partial charge in [-0.3, -0.25) is 14.4 Å². The molecule has 0 saturated carbocycles. The molecule has 0 aliphatic rings. The van der Waals surface area contributed by atoms with Crippen molar-refractivity contribution in [3.05, 3.63) is 96.1 Å². The number of carbonyl (C=O) groups excluding carboxylic acids is 3. The van der Waals surface area contributed by atoms with Gasteiger partial charge in [0.15, 0.2) is 0 Å². The van der Waals surface area contributed by atoms with Crippen LogP contribution in [0.25, 0.3) is 10.8 Å². The monoisotopic (exact) mass is 614 g/mol. The zero-order valence-corrected chi connectivity index (χ0v) is 27.8. The highest BCUT2D eigenvalue weighted by atomic mass is 16.3. The van der Waals surface area contributed by atoms with E-state index in [4.69, 9.17) is 0 Å². The molecule has 0 heterocycles. The van der Waals surface area contributed by atoms with Gasteiger partial charge in [-0.05, 0) is 55.3 Å². The van der Waals surface area contributed by atoms with Crippen LogP contribution < -0.4 is 10.6 Å². The number of aliphatic hydroxyl groups is 1. The number of likely N-dealkylation sites (N-methyl/N-ethyl adjacent to an activating group) is 2. The molecule has 8 heteroatoms. The fourth-order valence-corrected chi connectivity index (χ4v) is 4.94. The van der Waals surface area contributed by atoms with Crippen LogP contribution >= 0.6 is 0 Å². The van der Waals surface area contributed by atoms with Gasteiger partial charge in [0.2, 0.25) is 17.7 Å². The fourth-order valence-electron chi connectivity index (χ4n) is 4.94. The molecule has 0 radical (unpaired) electrons. The topological polar surface area (TPSA) is 102 Å². The summed E-state index contributed by atoms with van der Waals surface area (Å²) >= 11 is 0. The van der Waals surface area contributed by atoms with Gasteiger partial charge in [0.25, 0.3) is 0 Å². The second-order valence-electron chi connectivity index (χ2n) is 13.3. The molecule has 0 bridgehead atoms. The van der Waals surface area contributed by atoms with Crippen molar-refractivity contribution in [1.82, 2.24) is 20.4 Å². The normalized spacial score (nSPS) is 13.4. The van der Waals surface area contributed by atoms with Crippen molar-refractivity contribution < 1.29 is 19.5 Å². The molecule has 0 aliphatic carbocycles. The predicted molar refractivity (Wildman–Crippen MR) is 182 cm³/mol. The Labute approximate surface area is 268 Å². The van der Waals surface area contributed by atoms with Crippen LogP contribution in [0.4, 0.5) is 0 Å². The van der Waals surface area contributed by atoms with Gasteiger partial charge in [-0.15, -0.1) is 0 Å². The first-order chi connectivity index (χ1) is 21.3. The van der Waals surface area contributed by atoms with Crippen LogP contribution in [-0.2, 0) is 27.2 Å². The number of carbonyl (C=O) groups is 3. The number of hydrogen-bond acceptors (Lipinski definition) is 5. The van der Waals surface area contributed by atoms with E-state index in [-0.39, 0.29) is 42.8 Å². The van der Waals surface area contributed by atoms with Crippen molar-refractivity contribution in [1.29, 1.82) is 0 Å². The van der Waals surface area contributed by atoms with Crippen LogP contribution in [0.15, 0.2) is 84.9 Å². The second kappa shape index (κ2) is 15.8. The number of benzene rings is 3. The number of rotatable bonds is 15. The van der Waals surface area contributed by atoms with Crippen LogP contribution in [0.1, 0.15) is 45.2 Å². The van der Waals surface area contributed by atoms with Gasteiger partial charge in [-0.1, -0.05) is 92.7 Å². The van der Waals surface area contributed by atoms with Gasteiger partial charge in [-0.2, -0.15) is 0 Å². The molecule has 0 aromatic heterocycles. The van der Waals surface area contributed by atoms with E-state index in [2.05, 4.69) is 10.6 Å². The van der Waals surface area contributed by atoms with E-state index in [1.54, 1.807) is 14.1 Å². The van der Waals surface area contributed by atoms with Crippen LogP contribution in [0.3, 0.4) is 0 Å². The molecule has 2 unspecified atom stereocenters. The summed E-state index contributed by atoms with van der Waals surface area (Å²) in [5, 5.41) is 18.0. The van der Waals surface area contributed by atoms with E-state index in [1.807, 2.05) is 114 Å². The molecule has 3 aromatic rings. The van der Waals surface area contributed by atoms with E-state index in [9.17, 15) is 19.5 Å². The maximum atomic E-state index is 14.4. The summed E-state index contributed by atoms with van der Waals surface area (Å²) in [6.45, 7) is 7.98. The quantitative estimate of drug-likeness (QED) is 0.221. The minimum atomic E-state index is -0.856. The summed E-state index contributed by atoms with van der Waals surface area (Å²) in [6, 6.07) is 21.9. The Hall–Kier alpha value is -4.01. The minimum absolute atomic E-state index is 0.0921. The Morgan fingerprint density at radius 1 is 0.822 bits per heavy atom. The molecule has 0 aliphatic heterocycles. The number of fused-ring (bicyclic) bond motifs is 1. The molecule has 8 nitrogen and oxygen atoms in total. The fraction of sp³-hybridized carbons (Fsp3) is 0.432. The smallest absolute Gasteiger partial charge is 0.246 e. The largest absolute Gasteiger partial charge is 0.396 e. The summed E-state index contributed by atoms with van der Waals surface area (Å²) in [5.41, 5.74) is 1.12. The Bertz CT molecular complexity index is 1470. The molecular weight excluding hydrogens is 564 g/mol. The second-order valence-corrected chi connectivity index (χ2v) is 13.3. The molecule has 3 rings (SSSR count). The minimum Gasteiger partial charge on any atom is -0.396 e. The van der Waals surface area contributed by atoms with E-state index in [0.29, 0.717) is 12.8 Å². The first-order valence-corrected chi connectivity index (χ1v) is 15.6. The molecular formula is C37H50N4O4. The van der Waals surface area contributed by atoms with Crippen molar-refractivity contribution in [2.24, 2.45) is 5.41 Å². The van der Waals surface area contributed by atoms with Crippen LogP contribution in [-0.4, -0.2) is 84.5 Å². The van der Waals surface area contributed by atoms with Crippen molar-refractivity contribution in [2.45, 2.75) is 64.6 Å². The summed E-state index contributed by atoms with van der Waals surface area (Å²) in [4.78, 5) is 44.5. The van der Waals surface area contributed by atoms with Crippen LogP contribution in [0, 0.1) is 5.41 Å². The number of aliphatic hydroxyl groups excluding tert-OH is 1. The highest BCUT2D eigenvalue weighted by Gasteiger charge is 2.35. The first-order valence-electron chi connectivity index (χ1n) is 15.6. The van der Waals surface area contributed by atoms with Gasteiger partial charge in [0.1, 0.15) is 12.1 Å². The molecule has 3 aromatic carbocycles. The van der Waals surface area contributed by atoms with Crippen molar-refractivity contribution in [2.75, 3.05) is 34.3 Å². The first kappa shape index (κ1) is 35.5. The highest BCUT2D eigenvalue weighted by molar-refractivity contribution is 5.95. The van der Waals surface area contributed by atoms with Gasteiger partial charge in [0.05, 0.1) is 0 Å². The highest BCUT2D eigenvalue weighted by Crippen LogP contribution is 2.21. The Kier molecular flexibility index (Phi) is 12.5.